The molecule has 2 N–H and O–H groups in total. The number of rotatable bonds is 5. The number of carboxylic acid groups (broad SMARTS) is 1. The first-order valence-electron chi connectivity index (χ1n) is 4.51. The van der Waals surface area contributed by atoms with E-state index in [-0.39, 0.29) is 6.42 Å². The highest BCUT2D eigenvalue weighted by atomic mass is 16.4. The lowest BCUT2D eigenvalue weighted by molar-refractivity contribution is -0.136. The van der Waals surface area contributed by atoms with E-state index < -0.39 is 5.97 Å². The molecule has 0 spiro atoms. The molecule has 0 radical (unpaired) electrons. The highest BCUT2D eigenvalue weighted by Crippen LogP contribution is 2.04. The Morgan fingerprint density at radius 2 is 2.43 bits per heavy atom. The molecule has 0 amide bonds. The first kappa shape index (κ1) is 10.7. The van der Waals surface area contributed by atoms with E-state index >= 15 is 0 Å². The molecular weight excluding hydrogens is 182 g/mol. The van der Waals surface area contributed by atoms with Gasteiger partial charge in [0.2, 0.25) is 0 Å². The zero-order valence-electron chi connectivity index (χ0n) is 8.45. The van der Waals surface area contributed by atoms with Gasteiger partial charge in [-0.1, -0.05) is 0 Å². The molecule has 1 heterocycles. The Hall–Kier alpha value is -1.36. The SMILES string of the molecule is Cc1c(CNCCC(=O)O)cnn1C. The second kappa shape index (κ2) is 4.76. The van der Waals surface area contributed by atoms with Crippen LogP contribution in [-0.2, 0) is 18.4 Å². The molecular formula is C9H15N3O2. The summed E-state index contributed by atoms with van der Waals surface area (Å²) in [6, 6.07) is 0. The van der Waals surface area contributed by atoms with Crippen molar-refractivity contribution in [2.45, 2.75) is 19.9 Å². The van der Waals surface area contributed by atoms with Gasteiger partial charge in [0.1, 0.15) is 0 Å². The van der Waals surface area contributed by atoms with Crippen molar-refractivity contribution in [3.05, 3.63) is 17.5 Å². The van der Waals surface area contributed by atoms with Crippen LogP contribution >= 0.6 is 0 Å². The van der Waals surface area contributed by atoms with Crippen LogP contribution in [0.3, 0.4) is 0 Å². The van der Waals surface area contributed by atoms with E-state index in [0.29, 0.717) is 13.1 Å². The number of nitrogens with zero attached hydrogens (tertiary/aromatic N) is 2. The van der Waals surface area contributed by atoms with Crippen molar-refractivity contribution in [3.63, 3.8) is 0 Å². The van der Waals surface area contributed by atoms with Crippen molar-refractivity contribution >= 4 is 5.97 Å². The Labute approximate surface area is 82.7 Å². The maximum atomic E-state index is 10.2. The molecule has 1 rings (SSSR count). The van der Waals surface area contributed by atoms with E-state index in [1.807, 2.05) is 14.0 Å². The summed E-state index contributed by atoms with van der Waals surface area (Å²) in [4.78, 5) is 10.2. The summed E-state index contributed by atoms with van der Waals surface area (Å²) in [5.41, 5.74) is 2.21. The predicted molar refractivity (Wildman–Crippen MR) is 51.9 cm³/mol. The number of aliphatic carboxylic acids is 1. The van der Waals surface area contributed by atoms with E-state index in [2.05, 4.69) is 10.4 Å². The van der Waals surface area contributed by atoms with Gasteiger partial charge in [-0.05, 0) is 6.92 Å². The lowest BCUT2D eigenvalue weighted by Gasteiger charge is -2.02. The van der Waals surface area contributed by atoms with Gasteiger partial charge in [0.25, 0.3) is 0 Å². The summed E-state index contributed by atoms with van der Waals surface area (Å²) in [5, 5.41) is 15.6. The molecule has 0 aromatic carbocycles. The van der Waals surface area contributed by atoms with Gasteiger partial charge in [0.05, 0.1) is 12.6 Å². The molecule has 0 bridgehead atoms. The standard InChI is InChI=1S/C9H15N3O2/c1-7-8(6-11-12(7)2)5-10-4-3-9(13)14/h6,10H,3-5H2,1-2H3,(H,13,14). The van der Waals surface area contributed by atoms with E-state index in [4.69, 9.17) is 5.11 Å². The second-order valence-electron chi connectivity index (χ2n) is 3.20. The summed E-state index contributed by atoms with van der Waals surface area (Å²) >= 11 is 0. The number of aryl methyl sites for hydroxylation is 1. The van der Waals surface area contributed by atoms with Crippen molar-refractivity contribution in [2.24, 2.45) is 7.05 Å². The molecule has 0 aliphatic heterocycles. The smallest absolute Gasteiger partial charge is 0.304 e. The highest BCUT2D eigenvalue weighted by Gasteiger charge is 2.02. The lowest BCUT2D eigenvalue weighted by atomic mass is 10.2. The number of nitrogens with one attached hydrogen (secondary N) is 1. The number of carboxylic acids is 1. The summed E-state index contributed by atoms with van der Waals surface area (Å²) in [6.45, 7) is 3.15. The second-order valence-corrected chi connectivity index (χ2v) is 3.20. The summed E-state index contributed by atoms with van der Waals surface area (Å²) in [5.74, 6) is -0.777. The van der Waals surface area contributed by atoms with Crippen molar-refractivity contribution in [3.8, 4) is 0 Å². The molecule has 0 saturated carbocycles. The topological polar surface area (TPSA) is 67.2 Å². The largest absolute Gasteiger partial charge is 0.481 e. The molecule has 78 valence electrons. The molecule has 5 heteroatoms. The van der Waals surface area contributed by atoms with Crippen LogP contribution in [0.5, 0.6) is 0 Å². The first-order valence-corrected chi connectivity index (χ1v) is 4.51. The average molecular weight is 197 g/mol. The minimum Gasteiger partial charge on any atom is -0.481 e. The predicted octanol–water partition coefficient (Wildman–Crippen LogP) is 0.293. The third-order valence-electron chi connectivity index (χ3n) is 2.17. The molecule has 1 aromatic heterocycles. The van der Waals surface area contributed by atoms with Crippen LogP contribution in [0.25, 0.3) is 0 Å². The highest BCUT2D eigenvalue weighted by molar-refractivity contribution is 5.66. The van der Waals surface area contributed by atoms with Crippen LogP contribution < -0.4 is 5.32 Å². The fourth-order valence-electron chi connectivity index (χ4n) is 1.14. The summed E-state index contributed by atoms with van der Waals surface area (Å²) in [7, 11) is 1.89. The summed E-state index contributed by atoms with van der Waals surface area (Å²) in [6.07, 6.45) is 1.95. The van der Waals surface area contributed by atoms with Crippen LogP contribution in [-0.4, -0.2) is 27.4 Å². The van der Waals surface area contributed by atoms with Crippen LogP contribution in [0.15, 0.2) is 6.20 Å². The van der Waals surface area contributed by atoms with Crippen LogP contribution in [0, 0.1) is 6.92 Å². The van der Waals surface area contributed by atoms with Crippen molar-refractivity contribution in [1.82, 2.24) is 15.1 Å². The summed E-state index contributed by atoms with van der Waals surface area (Å²) < 4.78 is 1.80. The van der Waals surface area contributed by atoms with Crippen molar-refractivity contribution in [1.29, 1.82) is 0 Å². The van der Waals surface area contributed by atoms with Crippen molar-refractivity contribution in [2.75, 3.05) is 6.54 Å². The van der Waals surface area contributed by atoms with E-state index in [0.717, 1.165) is 11.3 Å². The maximum absolute atomic E-state index is 10.2. The number of aromatic nitrogens is 2. The van der Waals surface area contributed by atoms with Gasteiger partial charge in [-0.2, -0.15) is 5.10 Å². The molecule has 14 heavy (non-hydrogen) atoms. The molecule has 1 aromatic rings. The Morgan fingerprint density at radius 1 is 1.71 bits per heavy atom. The minimum absolute atomic E-state index is 0.152. The van der Waals surface area contributed by atoms with Crippen molar-refractivity contribution < 1.29 is 9.90 Å². The monoisotopic (exact) mass is 197 g/mol. The lowest BCUT2D eigenvalue weighted by Crippen LogP contribution is -2.17. The third kappa shape index (κ3) is 2.85. The molecule has 0 unspecified atom stereocenters. The van der Waals surface area contributed by atoms with Gasteiger partial charge in [-0.15, -0.1) is 0 Å². The molecule has 0 aliphatic carbocycles. The van der Waals surface area contributed by atoms with Gasteiger partial charge in [0.15, 0.2) is 0 Å². The molecule has 5 nitrogen and oxygen atoms in total. The minimum atomic E-state index is -0.777. The molecule has 0 fully saturated rings. The van der Waals surface area contributed by atoms with Crippen LogP contribution in [0.1, 0.15) is 17.7 Å². The van der Waals surface area contributed by atoms with Gasteiger partial charge in [0, 0.05) is 31.4 Å². The van der Waals surface area contributed by atoms with Crippen LogP contribution in [0.4, 0.5) is 0 Å². The number of carbonyl (C=O) groups is 1. The Balaban J connectivity index is 2.31. The molecule has 0 atom stereocenters. The van der Waals surface area contributed by atoms with Gasteiger partial charge < -0.3 is 10.4 Å². The number of hydrogen-bond acceptors (Lipinski definition) is 3. The first-order chi connectivity index (χ1) is 6.61. The number of hydrogen-bond donors (Lipinski definition) is 2. The molecule has 0 aliphatic rings. The molecule has 0 saturated heterocycles. The Kier molecular flexibility index (Phi) is 3.64. The zero-order chi connectivity index (χ0) is 10.6. The van der Waals surface area contributed by atoms with Gasteiger partial charge in [-0.3, -0.25) is 9.48 Å². The van der Waals surface area contributed by atoms with E-state index in [1.54, 1.807) is 10.9 Å². The van der Waals surface area contributed by atoms with Gasteiger partial charge in [-0.25, -0.2) is 0 Å². The van der Waals surface area contributed by atoms with E-state index in [1.165, 1.54) is 0 Å². The quantitative estimate of drug-likeness (QED) is 0.666. The zero-order valence-corrected chi connectivity index (χ0v) is 8.45. The third-order valence-corrected chi connectivity index (χ3v) is 2.17. The fraction of sp³-hybridized carbons (Fsp3) is 0.556. The van der Waals surface area contributed by atoms with E-state index in [9.17, 15) is 4.79 Å². The maximum Gasteiger partial charge on any atom is 0.304 e. The fourth-order valence-corrected chi connectivity index (χ4v) is 1.14. The van der Waals surface area contributed by atoms with Gasteiger partial charge >= 0.3 is 5.97 Å². The van der Waals surface area contributed by atoms with Crippen LogP contribution in [0.2, 0.25) is 0 Å². The normalized spacial score (nSPS) is 10.4. The Morgan fingerprint density at radius 3 is 2.93 bits per heavy atom. The Bertz CT molecular complexity index is 320. The average Bonchev–Trinajstić information content (AvgIpc) is 2.43.